The Kier molecular flexibility index (Phi) is 7.90. The van der Waals surface area contributed by atoms with Crippen molar-refractivity contribution < 1.29 is 18.7 Å². The maximum atomic E-state index is 15.2. The predicted molar refractivity (Wildman–Crippen MR) is 172 cm³/mol. The zero-order chi connectivity index (χ0) is 31.4. The van der Waals surface area contributed by atoms with Crippen molar-refractivity contribution in [3.63, 3.8) is 0 Å². The second-order valence-corrected chi connectivity index (χ2v) is 13.4. The van der Waals surface area contributed by atoms with Crippen molar-refractivity contribution in [2.45, 2.75) is 77.0 Å². The maximum Gasteiger partial charge on any atom is 0.255 e. The predicted octanol–water partition coefficient (Wildman–Crippen LogP) is 5.12. The van der Waals surface area contributed by atoms with Gasteiger partial charge in [-0.2, -0.15) is 5.10 Å². The van der Waals surface area contributed by atoms with Gasteiger partial charge in [-0.05, 0) is 100 Å². The SMILES string of the molecule is COC(C)C(=O)N1CCC(c2cc(F)cc3cc(-c4nn5cc(C(=O)N6CCC[C@@H](N)C6)ccc5c4C)n(CC4CC4)c23)CC1. The van der Waals surface area contributed by atoms with Crippen molar-refractivity contribution in [1.82, 2.24) is 24.0 Å². The molecular formula is C35H43FN6O3. The van der Waals surface area contributed by atoms with Crippen LogP contribution < -0.4 is 5.73 Å². The number of amides is 2. The minimum atomic E-state index is -0.466. The molecule has 0 bridgehead atoms. The molecular weight excluding hydrogens is 571 g/mol. The molecule has 7 rings (SSSR count). The Hall–Kier alpha value is -3.76. The van der Waals surface area contributed by atoms with Crippen LogP contribution in [0.5, 0.6) is 0 Å². The van der Waals surface area contributed by atoms with Crippen LogP contribution in [0, 0.1) is 18.7 Å². The van der Waals surface area contributed by atoms with Gasteiger partial charge in [-0.3, -0.25) is 9.59 Å². The molecule has 3 fully saturated rings. The van der Waals surface area contributed by atoms with E-state index in [2.05, 4.69) is 17.6 Å². The highest BCUT2D eigenvalue weighted by molar-refractivity contribution is 5.95. The fourth-order valence-electron chi connectivity index (χ4n) is 7.35. The van der Waals surface area contributed by atoms with E-state index in [1.54, 1.807) is 26.2 Å². The molecule has 0 spiro atoms. The lowest BCUT2D eigenvalue weighted by Crippen LogP contribution is -2.45. The van der Waals surface area contributed by atoms with E-state index in [0.29, 0.717) is 31.1 Å². The summed E-state index contributed by atoms with van der Waals surface area (Å²) in [6.07, 6.45) is 7.13. The smallest absolute Gasteiger partial charge is 0.255 e. The van der Waals surface area contributed by atoms with Gasteiger partial charge in [-0.25, -0.2) is 8.91 Å². The first-order chi connectivity index (χ1) is 21.7. The summed E-state index contributed by atoms with van der Waals surface area (Å²) in [4.78, 5) is 29.8. The molecule has 4 aromatic rings. The van der Waals surface area contributed by atoms with E-state index in [1.165, 1.54) is 12.8 Å². The lowest BCUT2D eigenvalue weighted by atomic mass is 9.88. The zero-order valence-corrected chi connectivity index (χ0v) is 26.5. The Morgan fingerprint density at radius 3 is 2.56 bits per heavy atom. The average molecular weight is 615 g/mol. The van der Waals surface area contributed by atoms with Gasteiger partial charge >= 0.3 is 0 Å². The molecule has 238 valence electrons. The number of hydrogen-bond donors (Lipinski definition) is 1. The Bertz CT molecular complexity index is 1770. The first-order valence-corrected chi connectivity index (χ1v) is 16.4. The summed E-state index contributed by atoms with van der Waals surface area (Å²) in [5.41, 5.74) is 12.6. The number of piperidine rings is 2. The largest absolute Gasteiger partial charge is 0.372 e. The number of halogens is 1. The monoisotopic (exact) mass is 614 g/mol. The number of carbonyl (C=O) groups excluding carboxylic acids is 2. The van der Waals surface area contributed by atoms with Crippen molar-refractivity contribution in [2.75, 3.05) is 33.3 Å². The van der Waals surface area contributed by atoms with E-state index in [-0.39, 0.29) is 29.6 Å². The van der Waals surface area contributed by atoms with E-state index in [4.69, 9.17) is 15.6 Å². The molecule has 0 radical (unpaired) electrons. The number of pyridine rings is 1. The van der Waals surface area contributed by atoms with Crippen molar-refractivity contribution in [3.8, 4) is 11.4 Å². The molecule has 1 saturated carbocycles. The third-order valence-corrected chi connectivity index (χ3v) is 10.2. The highest BCUT2D eigenvalue weighted by Crippen LogP contribution is 2.41. The Morgan fingerprint density at radius 1 is 1.07 bits per heavy atom. The molecule has 1 aliphatic carbocycles. The quantitative estimate of drug-likeness (QED) is 0.312. The number of nitrogens with two attached hydrogens (primary N) is 1. The molecule has 3 aliphatic rings. The van der Waals surface area contributed by atoms with E-state index in [1.807, 2.05) is 32.6 Å². The minimum Gasteiger partial charge on any atom is -0.372 e. The maximum absolute atomic E-state index is 15.2. The number of rotatable bonds is 7. The number of benzene rings is 1. The van der Waals surface area contributed by atoms with Crippen LogP contribution in [0.25, 0.3) is 27.8 Å². The number of likely N-dealkylation sites (tertiary alicyclic amines) is 2. The molecule has 45 heavy (non-hydrogen) atoms. The highest BCUT2D eigenvalue weighted by Gasteiger charge is 2.31. The van der Waals surface area contributed by atoms with Crippen molar-refractivity contribution in [3.05, 3.63) is 59.0 Å². The van der Waals surface area contributed by atoms with Gasteiger partial charge in [0.1, 0.15) is 17.6 Å². The summed E-state index contributed by atoms with van der Waals surface area (Å²) < 4.78 is 24.7. The molecule has 2 amide bonds. The summed E-state index contributed by atoms with van der Waals surface area (Å²) in [5, 5.41) is 5.91. The van der Waals surface area contributed by atoms with Gasteiger partial charge in [0.25, 0.3) is 11.8 Å². The van der Waals surface area contributed by atoms with E-state index < -0.39 is 6.10 Å². The molecule has 1 unspecified atom stereocenters. The average Bonchev–Trinajstić information content (AvgIpc) is 3.72. The van der Waals surface area contributed by atoms with Crippen LogP contribution in [0.15, 0.2) is 36.5 Å². The first-order valence-electron chi connectivity index (χ1n) is 16.4. The van der Waals surface area contributed by atoms with Crippen LogP contribution in [0.1, 0.15) is 72.9 Å². The number of aromatic nitrogens is 3. The van der Waals surface area contributed by atoms with Crippen molar-refractivity contribution in [1.29, 1.82) is 0 Å². The van der Waals surface area contributed by atoms with Crippen LogP contribution in [0.2, 0.25) is 0 Å². The Labute approximate surface area is 263 Å². The molecule has 9 nitrogen and oxygen atoms in total. The molecule has 1 aromatic carbocycles. The lowest BCUT2D eigenvalue weighted by molar-refractivity contribution is -0.142. The number of ether oxygens (including phenoxy) is 1. The summed E-state index contributed by atoms with van der Waals surface area (Å²) >= 11 is 0. The van der Waals surface area contributed by atoms with Crippen molar-refractivity contribution in [2.24, 2.45) is 11.7 Å². The Morgan fingerprint density at radius 2 is 1.84 bits per heavy atom. The summed E-state index contributed by atoms with van der Waals surface area (Å²) in [6.45, 7) is 7.24. The third kappa shape index (κ3) is 5.63. The van der Waals surface area contributed by atoms with Crippen LogP contribution in [0.4, 0.5) is 4.39 Å². The summed E-state index contributed by atoms with van der Waals surface area (Å²) in [6, 6.07) is 9.29. The van der Waals surface area contributed by atoms with Gasteiger partial charge in [0.05, 0.1) is 22.3 Å². The number of carbonyl (C=O) groups is 2. The van der Waals surface area contributed by atoms with E-state index >= 15 is 4.39 Å². The minimum absolute atomic E-state index is 0.00594. The fraction of sp³-hybridized carbons (Fsp3) is 0.514. The molecule has 3 aromatic heterocycles. The molecule has 2 atom stereocenters. The number of nitrogens with zero attached hydrogens (tertiary/aromatic N) is 5. The van der Waals surface area contributed by atoms with E-state index in [0.717, 1.165) is 77.7 Å². The van der Waals surface area contributed by atoms with Gasteiger partial charge in [-0.1, -0.05) is 0 Å². The lowest BCUT2D eigenvalue weighted by Gasteiger charge is -2.34. The van der Waals surface area contributed by atoms with Gasteiger partial charge in [0.2, 0.25) is 0 Å². The van der Waals surface area contributed by atoms with Gasteiger partial charge in [0.15, 0.2) is 0 Å². The van der Waals surface area contributed by atoms with Gasteiger partial charge in [-0.15, -0.1) is 0 Å². The van der Waals surface area contributed by atoms with Crippen molar-refractivity contribution >= 4 is 28.2 Å². The molecule has 5 heterocycles. The van der Waals surface area contributed by atoms with E-state index in [9.17, 15) is 9.59 Å². The Balaban J connectivity index is 1.26. The molecule has 10 heteroatoms. The highest BCUT2D eigenvalue weighted by atomic mass is 19.1. The van der Waals surface area contributed by atoms with Gasteiger partial charge < -0.3 is 24.8 Å². The standard InChI is InChI=1S/C35H43FN6O3/c1-21-30-9-8-25(35(44)40-12-4-5-28(37)20-40)19-42(30)38-32(21)31-16-26-15-27(36)17-29(33(26)41(31)18-23-6-7-23)24-10-13-39(14-11-24)34(43)22(2)45-3/h8-9,15-17,19,22-24,28H,4-7,10-14,18,20,37H2,1-3H3/t22?,28-/m1/s1. The topological polar surface area (TPSA) is 98.1 Å². The normalized spacial score (nSPS) is 20.3. The third-order valence-electron chi connectivity index (χ3n) is 10.2. The molecule has 2 aliphatic heterocycles. The van der Waals surface area contributed by atoms with Crippen LogP contribution in [-0.4, -0.2) is 81.2 Å². The van der Waals surface area contributed by atoms with Gasteiger partial charge in [0, 0.05) is 63.0 Å². The summed E-state index contributed by atoms with van der Waals surface area (Å²) in [7, 11) is 1.56. The summed E-state index contributed by atoms with van der Waals surface area (Å²) in [5.74, 6) is 0.473. The second-order valence-electron chi connectivity index (χ2n) is 13.4. The number of aryl methyl sites for hydroxylation is 1. The number of hydrogen-bond acceptors (Lipinski definition) is 5. The molecule has 2 saturated heterocycles. The van der Waals surface area contributed by atoms with Crippen LogP contribution in [-0.2, 0) is 16.1 Å². The van der Waals surface area contributed by atoms with Crippen LogP contribution in [0.3, 0.4) is 0 Å². The molecule has 2 N–H and O–H groups in total. The van der Waals surface area contributed by atoms with Crippen LogP contribution >= 0.6 is 0 Å². The first kappa shape index (κ1) is 29.9. The number of methoxy groups -OCH3 is 1. The zero-order valence-electron chi connectivity index (χ0n) is 26.5. The second kappa shape index (κ2) is 11.9. The number of fused-ring (bicyclic) bond motifs is 2. The fourth-order valence-corrected chi connectivity index (χ4v) is 7.35.